The number of rotatable bonds is 5. The standard InChI is InChI=1S/C15H22N2O4/c1-3-17-4-5-20-14(9-17)10-21-15(18)11-6-12(16)8-13(7-11)19-2/h6-8,14H,3-5,9-10,16H2,1-2H3. The van der Waals surface area contributed by atoms with Gasteiger partial charge in [-0.15, -0.1) is 0 Å². The van der Waals surface area contributed by atoms with Crippen LogP contribution in [-0.2, 0) is 9.47 Å². The highest BCUT2D eigenvalue weighted by atomic mass is 16.6. The molecule has 2 rings (SSSR count). The molecule has 1 heterocycles. The smallest absolute Gasteiger partial charge is 0.338 e. The van der Waals surface area contributed by atoms with Crippen molar-refractivity contribution in [1.29, 1.82) is 0 Å². The lowest BCUT2D eigenvalue weighted by atomic mass is 10.2. The van der Waals surface area contributed by atoms with Gasteiger partial charge >= 0.3 is 5.97 Å². The Morgan fingerprint density at radius 1 is 1.48 bits per heavy atom. The summed E-state index contributed by atoms with van der Waals surface area (Å²) in [5.74, 6) is 0.117. The van der Waals surface area contributed by atoms with Gasteiger partial charge in [0.1, 0.15) is 18.5 Å². The molecule has 2 N–H and O–H groups in total. The number of morpholine rings is 1. The van der Waals surface area contributed by atoms with Crippen molar-refractivity contribution >= 4 is 11.7 Å². The molecule has 116 valence electrons. The van der Waals surface area contributed by atoms with Crippen molar-refractivity contribution in [1.82, 2.24) is 4.90 Å². The van der Waals surface area contributed by atoms with E-state index in [1.807, 2.05) is 0 Å². The van der Waals surface area contributed by atoms with E-state index in [0.717, 1.165) is 19.6 Å². The molecule has 0 aliphatic carbocycles. The monoisotopic (exact) mass is 294 g/mol. The minimum Gasteiger partial charge on any atom is -0.497 e. The van der Waals surface area contributed by atoms with Gasteiger partial charge in [-0.25, -0.2) is 4.79 Å². The molecule has 1 fully saturated rings. The van der Waals surface area contributed by atoms with Crippen LogP contribution in [0.5, 0.6) is 5.75 Å². The highest BCUT2D eigenvalue weighted by Gasteiger charge is 2.21. The van der Waals surface area contributed by atoms with Crippen LogP contribution in [0.25, 0.3) is 0 Å². The molecule has 21 heavy (non-hydrogen) atoms. The fourth-order valence-electron chi connectivity index (χ4n) is 2.28. The Morgan fingerprint density at radius 2 is 2.29 bits per heavy atom. The maximum absolute atomic E-state index is 12.1. The molecule has 6 heteroatoms. The van der Waals surface area contributed by atoms with Crippen molar-refractivity contribution in [2.24, 2.45) is 0 Å². The van der Waals surface area contributed by atoms with Crippen LogP contribution in [0.1, 0.15) is 17.3 Å². The van der Waals surface area contributed by atoms with E-state index in [0.29, 0.717) is 23.6 Å². The van der Waals surface area contributed by atoms with Gasteiger partial charge in [-0.05, 0) is 18.7 Å². The zero-order chi connectivity index (χ0) is 15.2. The van der Waals surface area contributed by atoms with Crippen LogP contribution in [0.3, 0.4) is 0 Å². The van der Waals surface area contributed by atoms with Crippen LogP contribution in [-0.4, -0.2) is 56.9 Å². The second-order valence-electron chi connectivity index (χ2n) is 4.98. The van der Waals surface area contributed by atoms with E-state index < -0.39 is 5.97 Å². The molecule has 1 saturated heterocycles. The van der Waals surface area contributed by atoms with Gasteiger partial charge in [0.25, 0.3) is 0 Å². The number of ether oxygens (including phenoxy) is 3. The summed E-state index contributed by atoms with van der Waals surface area (Å²) in [4.78, 5) is 14.3. The third-order valence-corrected chi connectivity index (χ3v) is 3.47. The van der Waals surface area contributed by atoms with Crippen LogP contribution >= 0.6 is 0 Å². The van der Waals surface area contributed by atoms with E-state index in [1.54, 1.807) is 18.2 Å². The zero-order valence-electron chi connectivity index (χ0n) is 12.5. The number of likely N-dealkylation sites (N-methyl/N-ethyl adjacent to an activating group) is 1. The van der Waals surface area contributed by atoms with Gasteiger partial charge in [0.15, 0.2) is 0 Å². The number of anilines is 1. The molecule has 1 unspecified atom stereocenters. The number of carbonyl (C=O) groups is 1. The van der Waals surface area contributed by atoms with E-state index in [-0.39, 0.29) is 12.7 Å². The number of carbonyl (C=O) groups excluding carboxylic acids is 1. The number of benzene rings is 1. The molecule has 1 aliphatic heterocycles. The fourth-order valence-corrected chi connectivity index (χ4v) is 2.28. The van der Waals surface area contributed by atoms with Crippen LogP contribution in [0.4, 0.5) is 5.69 Å². The predicted molar refractivity (Wildman–Crippen MR) is 79.5 cm³/mol. The Balaban J connectivity index is 1.91. The van der Waals surface area contributed by atoms with Crippen LogP contribution in [0.2, 0.25) is 0 Å². The number of nitrogens with two attached hydrogens (primary N) is 1. The Hall–Kier alpha value is -1.79. The highest BCUT2D eigenvalue weighted by molar-refractivity contribution is 5.91. The van der Waals surface area contributed by atoms with E-state index in [1.165, 1.54) is 7.11 Å². The lowest BCUT2D eigenvalue weighted by molar-refractivity contribution is -0.0578. The Bertz CT molecular complexity index is 493. The van der Waals surface area contributed by atoms with E-state index >= 15 is 0 Å². The molecule has 0 spiro atoms. The maximum Gasteiger partial charge on any atom is 0.338 e. The third kappa shape index (κ3) is 4.34. The molecule has 6 nitrogen and oxygen atoms in total. The number of nitrogens with zero attached hydrogens (tertiary/aromatic N) is 1. The van der Waals surface area contributed by atoms with Crippen LogP contribution in [0, 0.1) is 0 Å². The molecule has 1 aliphatic rings. The van der Waals surface area contributed by atoms with Gasteiger partial charge < -0.3 is 19.9 Å². The van der Waals surface area contributed by atoms with Crippen LogP contribution in [0.15, 0.2) is 18.2 Å². The first kappa shape index (κ1) is 15.6. The molecule has 0 bridgehead atoms. The lowest BCUT2D eigenvalue weighted by Crippen LogP contribution is -2.44. The molecule has 0 aromatic heterocycles. The van der Waals surface area contributed by atoms with Crippen molar-refractivity contribution in [2.75, 3.05) is 45.7 Å². The molecule has 0 saturated carbocycles. The summed E-state index contributed by atoms with van der Waals surface area (Å²) < 4.78 is 16.0. The topological polar surface area (TPSA) is 74.0 Å². The second-order valence-corrected chi connectivity index (χ2v) is 4.98. The summed E-state index contributed by atoms with van der Waals surface area (Å²) in [5.41, 5.74) is 6.58. The van der Waals surface area contributed by atoms with Crippen molar-refractivity contribution < 1.29 is 19.0 Å². The van der Waals surface area contributed by atoms with E-state index in [9.17, 15) is 4.79 Å². The van der Waals surface area contributed by atoms with Gasteiger partial charge in [0.2, 0.25) is 0 Å². The number of hydrogen-bond acceptors (Lipinski definition) is 6. The van der Waals surface area contributed by atoms with Gasteiger partial charge in [-0.3, -0.25) is 4.90 Å². The van der Waals surface area contributed by atoms with Crippen molar-refractivity contribution in [3.63, 3.8) is 0 Å². The molecule has 0 amide bonds. The van der Waals surface area contributed by atoms with Gasteiger partial charge in [-0.2, -0.15) is 0 Å². The molecule has 0 radical (unpaired) electrons. The summed E-state index contributed by atoms with van der Waals surface area (Å²) >= 11 is 0. The Morgan fingerprint density at radius 3 is 3.00 bits per heavy atom. The van der Waals surface area contributed by atoms with E-state index in [2.05, 4.69) is 11.8 Å². The van der Waals surface area contributed by atoms with Crippen molar-refractivity contribution in [3.8, 4) is 5.75 Å². The highest BCUT2D eigenvalue weighted by Crippen LogP contribution is 2.19. The number of methoxy groups -OCH3 is 1. The summed E-state index contributed by atoms with van der Waals surface area (Å²) in [7, 11) is 1.53. The van der Waals surface area contributed by atoms with Gasteiger partial charge in [-0.1, -0.05) is 6.92 Å². The third-order valence-electron chi connectivity index (χ3n) is 3.47. The molecular formula is C15H22N2O4. The first-order chi connectivity index (χ1) is 10.1. The summed E-state index contributed by atoms with van der Waals surface area (Å²) in [6, 6.07) is 4.84. The van der Waals surface area contributed by atoms with Crippen molar-refractivity contribution in [3.05, 3.63) is 23.8 Å². The zero-order valence-corrected chi connectivity index (χ0v) is 12.5. The summed E-state index contributed by atoms with van der Waals surface area (Å²) in [6.45, 7) is 5.69. The molecular weight excluding hydrogens is 272 g/mol. The SMILES string of the molecule is CCN1CCOC(COC(=O)c2cc(N)cc(OC)c2)C1. The van der Waals surface area contributed by atoms with Crippen molar-refractivity contribution in [2.45, 2.75) is 13.0 Å². The largest absolute Gasteiger partial charge is 0.497 e. The van der Waals surface area contributed by atoms with E-state index in [4.69, 9.17) is 19.9 Å². The van der Waals surface area contributed by atoms with Crippen LogP contribution < -0.4 is 10.5 Å². The molecule has 1 aromatic rings. The second kappa shape index (κ2) is 7.28. The predicted octanol–water partition coefficient (Wildman–Crippen LogP) is 1.15. The Labute approximate surface area is 124 Å². The number of esters is 1. The average Bonchev–Trinajstić information content (AvgIpc) is 2.52. The normalized spacial score (nSPS) is 19.2. The fraction of sp³-hybridized carbons (Fsp3) is 0.533. The summed E-state index contributed by atoms with van der Waals surface area (Å²) in [5, 5.41) is 0. The minimum atomic E-state index is -0.419. The Kier molecular flexibility index (Phi) is 5.41. The summed E-state index contributed by atoms with van der Waals surface area (Å²) in [6.07, 6.45) is -0.0781. The first-order valence-electron chi connectivity index (χ1n) is 7.08. The molecule has 1 aromatic carbocycles. The van der Waals surface area contributed by atoms with Gasteiger partial charge in [0.05, 0.1) is 19.3 Å². The molecule has 1 atom stereocenters. The maximum atomic E-state index is 12.1. The average molecular weight is 294 g/mol. The quantitative estimate of drug-likeness (QED) is 0.649. The minimum absolute atomic E-state index is 0.0781. The van der Waals surface area contributed by atoms with Gasteiger partial charge in [0, 0.05) is 24.8 Å². The first-order valence-corrected chi connectivity index (χ1v) is 7.08. The number of nitrogen functional groups attached to an aromatic ring is 1. The lowest BCUT2D eigenvalue weighted by Gasteiger charge is -2.31. The number of hydrogen-bond donors (Lipinski definition) is 1.